The Morgan fingerprint density at radius 3 is 2.79 bits per heavy atom. The van der Waals surface area contributed by atoms with Crippen LogP contribution >= 0.6 is 11.6 Å². The summed E-state index contributed by atoms with van der Waals surface area (Å²) < 4.78 is 1.68. The largest absolute Gasteiger partial charge is 0.364 e. The molecule has 7 nitrogen and oxygen atoms in total. The third kappa shape index (κ3) is 5.42. The Kier molecular flexibility index (Phi) is 6.81. The van der Waals surface area contributed by atoms with Crippen LogP contribution < -0.4 is 10.6 Å². The van der Waals surface area contributed by atoms with Crippen LogP contribution in [0.4, 0.5) is 5.82 Å². The summed E-state index contributed by atoms with van der Waals surface area (Å²) in [4.78, 5) is 12.0. The van der Waals surface area contributed by atoms with Crippen molar-refractivity contribution in [1.29, 1.82) is 0 Å². The summed E-state index contributed by atoms with van der Waals surface area (Å²) in [6.45, 7) is 5.54. The molecule has 0 fully saturated rings. The molecule has 0 spiro atoms. The summed E-state index contributed by atoms with van der Waals surface area (Å²) in [5.41, 5.74) is 1.65. The van der Waals surface area contributed by atoms with E-state index in [-0.39, 0.29) is 5.91 Å². The van der Waals surface area contributed by atoms with E-state index in [1.54, 1.807) is 4.52 Å². The lowest BCUT2D eigenvalue weighted by Gasteiger charge is -2.08. The Bertz CT molecular complexity index is 939. The summed E-state index contributed by atoms with van der Waals surface area (Å²) in [5, 5.41) is 19.8. The highest BCUT2D eigenvalue weighted by Gasteiger charge is 2.10. The minimum Gasteiger partial charge on any atom is -0.364 e. The first kappa shape index (κ1) is 20.1. The van der Waals surface area contributed by atoms with Gasteiger partial charge < -0.3 is 10.6 Å². The molecule has 0 bridgehead atoms. The number of aryl methyl sites for hydroxylation is 1. The van der Waals surface area contributed by atoms with Gasteiger partial charge in [-0.3, -0.25) is 4.79 Å². The van der Waals surface area contributed by atoms with E-state index in [0.29, 0.717) is 54.2 Å². The van der Waals surface area contributed by atoms with Crippen molar-refractivity contribution in [1.82, 2.24) is 25.1 Å². The molecule has 3 rings (SSSR count). The predicted molar refractivity (Wildman–Crippen MR) is 110 cm³/mol. The van der Waals surface area contributed by atoms with Crippen LogP contribution in [0, 0.1) is 5.92 Å². The lowest BCUT2D eigenvalue weighted by Crippen LogP contribution is -2.25. The Labute approximate surface area is 169 Å². The number of aromatic nitrogens is 4. The van der Waals surface area contributed by atoms with Gasteiger partial charge in [0.25, 0.3) is 0 Å². The second-order valence-corrected chi connectivity index (χ2v) is 7.49. The molecular weight excluding hydrogens is 376 g/mol. The highest BCUT2D eigenvalue weighted by atomic mass is 35.5. The fourth-order valence-corrected chi connectivity index (χ4v) is 2.93. The Morgan fingerprint density at radius 2 is 2.00 bits per heavy atom. The highest BCUT2D eigenvalue weighted by molar-refractivity contribution is 6.31. The number of amides is 1. The molecule has 0 aliphatic carbocycles. The van der Waals surface area contributed by atoms with Gasteiger partial charge in [0.2, 0.25) is 5.91 Å². The number of nitrogens with zero attached hydrogens (tertiary/aromatic N) is 4. The van der Waals surface area contributed by atoms with Gasteiger partial charge in [-0.15, -0.1) is 15.3 Å². The van der Waals surface area contributed by atoms with Gasteiger partial charge in [-0.25, -0.2) is 0 Å². The summed E-state index contributed by atoms with van der Waals surface area (Å²) in [7, 11) is 0. The van der Waals surface area contributed by atoms with Gasteiger partial charge in [0.1, 0.15) is 5.82 Å². The molecule has 148 valence electrons. The molecular formula is C20H25ClN6O. The van der Waals surface area contributed by atoms with Gasteiger partial charge in [0, 0.05) is 31.0 Å². The highest BCUT2D eigenvalue weighted by Crippen LogP contribution is 2.16. The fraction of sp³-hybridized carbons (Fsp3) is 0.400. The van der Waals surface area contributed by atoms with Crippen LogP contribution in [0.15, 0.2) is 36.4 Å². The van der Waals surface area contributed by atoms with Crippen molar-refractivity contribution in [2.45, 2.75) is 39.7 Å². The van der Waals surface area contributed by atoms with Crippen LogP contribution in [0.1, 0.15) is 38.1 Å². The molecule has 28 heavy (non-hydrogen) atoms. The van der Waals surface area contributed by atoms with Crippen LogP contribution in [-0.4, -0.2) is 32.3 Å². The van der Waals surface area contributed by atoms with E-state index in [1.807, 2.05) is 36.4 Å². The zero-order valence-electron chi connectivity index (χ0n) is 16.2. The van der Waals surface area contributed by atoms with Gasteiger partial charge in [-0.05, 0) is 36.1 Å². The van der Waals surface area contributed by atoms with Crippen molar-refractivity contribution in [2.75, 3.05) is 11.9 Å². The first-order valence-electron chi connectivity index (χ1n) is 9.48. The average Bonchev–Trinajstić information content (AvgIpc) is 3.08. The van der Waals surface area contributed by atoms with E-state index in [9.17, 15) is 4.79 Å². The SMILES string of the molecule is CC(C)CCNC(=O)CCc1nnc2ccc(NCc3ccccc3Cl)nn12. The number of hydrogen-bond acceptors (Lipinski definition) is 5. The van der Waals surface area contributed by atoms with Crippen molar-refractivity contribution < 1.29 is 4.79 Å². The number of carbonyl (C=O) groups excluding carboxylic acids is 1. The molecule has 0 aliphatic rings. The van der Waals surface area contributed by atoms with E-state index < -0.39 is 0 Å². The molecule has 1 amide bonds. The zero-order chi connectivity index (χ0) is 19.9. The number of benzene rings is 1. The van der Waals surface area contributed by atoms with E-state index in [2.05, 4.69) is 39.8 Å². The molecule has 0 aliphatic heterocycles. The van der Waals surface area contributed by atoms with E-state index in [1.165, 1.54) is 0 Å². The Morgan fingerprint density at radius 1 is 1.18 bits per heavy atom. The molecule has 0 saturated heterocycles. The maximum atomic E-state index is 12.0. The Hall–Kier alpha value is -2.67. The number of nitrogens with one attached hydrogen (secondary N) is 2. The monoisotopic (exact) mass is 400 g/mol. The summed E-state index contributed by atoms with van der Waals surface area (Å²) in [6.07, 6.45) is 1.81. The van der Waals surface area contributed by atoms with Crippen LogP contribution in [-0.2, 0) is 17.8 Å². The van der Waals surface area contributed by atoms with Crippen LogP contribution in [0.25, 0.3) is 5.65 Å². The third-order valence-corrected chi connectivity index (χ3v) is 4.73. The smallest absolute Gasteiger partial charge is 0.220 e. The maximum absolute atomic E-state index is 12.0. The average molecular weight is 401 g/mol. The van der Waals surface area contributed by atoms with Crippen molar-refractivity contribution in [3.05, 3.63) is 52.8 Å². The molecule has 0 unspecified atom stereocenters. The van der Waals surface area contributed by atoms with Gasteiger partial charge >= 0.3 is 0 Å². The summed E-state index contributed by atoms with van der Waals surface area (Å²) in [6, 6.07) is 11.4. The molecule has 0 radical (unpaired) electrons. The van der Waals surface area contributed by atoms with Gasteiger partial charge in [0.05, 0.1) is 0 Å². The zero-order valence-corrected chi connectivity index (χ0v) is 16.9. The minimum absolute atomic E-state index is 0.0189. The lowest BCUT2D eigenvalue weighted by molar-refractivity contribution is -0.121. The molecule has 0 saturated carbocycles. The fourth-order valence-electron chi connectivity index (χ4n) is 2.73. The molecule has 0 atom stereocenters. The molecule has 8 heteroatoms. The molecule has 2 N–H and O–H groups in total. The molecule has 1 aromatic carbocycles. The van der Waals surface area contributed by atoms with Crippen molar-refractivity contribution in [3.8, 4) is 0 Å². The first-order valence-corrected chi connectivity index (χ1v) is 9.86. The summed E-state index contributed by atoms with van der Waals surface area (Å²) in [5.74, 6) is 1.94. The van der Waals surface area contributed by atoms with Gasteiger partial charge in [0.15, 0.2) is 11.5 Å². The lowest BCUT2D eigenvalue weighted by atomic mass is 10.1. The standard InChI is InChI=1S/C20H25ClN6O/c1-14(2)11-12-22-20(28)10-9-19-25-24-18-8-7-17(26-27(18)19)23-13-15-5-3-4-6-16(15)21/h3-8,14H,9-13H2,1-2H3,(H,22,28)(H,23,26). The number of hydrogen-bond donors (Lipinski definition) is 2. The number of halogens is 1. The van der Waals surface area contributed by atoms with Crippen molar-refractivity contribution in [2.24, 2.45) is 5.92 Å². The molecule has 2 aromatic heterocycles. The first-order chi connectivity index (χ1) is 13.5. The number of rotatable bonds is 9. The quantitative estimate of drug-likeness (QED) is 0.574. The van der Waals surface area contributed by atoms with Crippen LogP contribution in [0.5, 0.6) is 0 Å². The molecule has 2 heterocycles. The minimum atomic E-state index is 0.0189. The van der Waals surface area contributed by atoms with E-state index >= 15 is 0 Å². The number of carbonyl (C=O) groups is 1. The van der Waals surface area contributed by atoms with Gasteiger partial charge in [-0.2, -0.15) is 4.52 Å². The number of anilines is 1. The van der Waals surface area contributed by atoms with E-state index in [4.69, 9.17) is 11.6 Å². The van der Waals surface area contributed by atoms with Gasteiger partial charge in [-0.1, -0.05) is 43.6 Å². The van der Waals surface area contributed by atoms with E-state index in [0.717, 1.165) is 12.0 Å². The van der Waals surface area contributed by atoms with Crippen molar-refractivity contribution in [3.63, 3.8) is 0 Å². The van der Waals surface area contributed by atoms with Crippen LogP contribution in [0.3, 0.4) is 0 Å². The van der Waals surface area contributed by atoms with Crippen molar-refractivity contribution >= 4 is 29.0 Å². The third-order valence-electron chi connectivity index (χ3n) is 4.36. The van der Waals surface area contributed by atoms with Crippen LogP contribution in [0.2, 0.25) is 5.02 Å². The second kappa shape index (κ2) is 9.50. The topological polar surface area (TPSA) is 84.2 Å². The predicted octanol–water partition coefficient (Wildman–Crippen LogP) is 3.48. The maximum Gasteiger partial charge on any atom is 0.220 e. The molecule has 3 aromatic rings. The Balaban J connectivity index is 1.60. The summed E-state index contributed by atoms with van der Waals surface area (Å²) >= 11 is 6.19. The second-order valence-electron chi connectivity index (χ2n) is 7.08. The number of fused-ring (bicyclic) bond motifs is 1. The normalized spacial score (nSPS) is 11.1.